The van der Waals surface area contributed by atoms with E-state index in [0.29, 0.717) is 11.3 Å². The van der Waals surface area contributed by atoms with E-state index in [1.807, 2.05) is 0 Å². The monoisotopic (exact) mass is 382 g/mol. The Morgan fingerprint density at radius 2 is 2.21 bits per heavy atom. The Kier molecular flexibility index (Phi) is 4.07. The number of hydrogen-bond acceptors (Lipinski definition) is 5. The molecule has 2 atom stereocenters. The van der Waals surface area contributed by atoms with Crippen molar-refractivity contribution in [3.05, 3.63) is 42.1 Å². The largest absolute Gasteiger partial charge is 0.311 e. The fourth-order valence-electron chi connectivity index (χ4n) is 3.25. The van der Waals surface area contributed by atoms with Gasteiger partial charge in [0.2, 0.25) is 11.7 Å². The average molecular weight is 382 g/mol. The van der Waals surface area contributed by atoms with Gasteiger partial charge in [0.05, 0.1) is 17.5 Å². The number of nitrogens with one attached hydrogen (secondary N) is 1. The minimum atomic E-state index is -3.17. The molecule has 0 aliphatic heterocycles. The van der Waals surface area contributed by atoms with Gasteiger partial charge in [0.25, 0.3) is 0 Å². The number of pyridine rings is 1. The van der Waals surface area contributed by atoms with Gasteiger partial charge in [-0.05, 0) is 18.1 Å². The number of halogens is 2. The van der Waals surface area contributed by atoms with E-state index in [0.717, 1.165) is 24.3 Å². The summed E-state index contributed by atoms with van der Waals surface area (Å²) in [6.45, 7) is 2.12. The first-order valence-corrected chi connectivity index (χ1v) is 8.68. The second kappa shape index (κ2) is 6.34. The Labute approximate surface area is 159 Å². The predicted molar refractivity (Wildman–Crippen MR) is 97.0 cm³/mol. The van der Waals surface area contributed by atoms with Crippen LogP contribution in [0.3, 0.4) is 0 Å². The lowest BCUT2D eigenvalue weighted by Gasteiger charge is -2.11. The van der Waals surface area contributed by atoms with E-state index < -0.39 is 11.7 Å². The van der Waals surface area contributed by atoms with Crippen molar-refractivity contribution in [3.8, 4) is 11.9 Å². The molecule has 3 aromatic rings. The maximum absolute atomic E-state index is 13.7. The molecule has 0 radical (unpaired) electrons. The first kappa shape index (κ1) is 18.0. The molecule has 3 heterocycles. The van der Waals surface area contributed by atoms with Gasteiger partial charge in [-0.3, -0.25) is 4.79 Å². The molecule has 0 unspecified atom stereocenters. The van der Waals surface area contributed by atoms with Crippen molar-refractivity contribution in [3.63, 3.8) is 0 Å². The standard InChI is InChI=1S/C19H16F2N6O/c1-10(28)25-16-6-15-13(8-24-16)14(12-5-11(12)7-22)9-27(15)17-3-4-23-18(26-17)19(2,20)21/h3-4,6,8-9,11-12H,5H2,1-2H3,(H,24,25,28)/t11-,12+/m1/s1. The SMILES string of the molecule is CC(=O)Nc1cc2c(cn1)c([C@H]1C[C@@H]1C#N)cn2-c1ccnc(C(C)(F)F)n1. The fourth-order valence-corrected chi connectivity index (χ4v) is 3.25. The van der Waals surface area contributed by atoms with Crippen LogP contribution in [0.25, 0.3) is 16.7 Å². The molecular weight excluding hydrogens is 366 g/mol. The van der Waals surface area contributed by atoms with Crippen molar-refractivity contribution in [1.29, 1.82) is 5.26 Å². The van der Waals surface area contributed by atoms with Crippen LogP contribution in [0.1, 0.15) is 37.6 Å². The highest BCUT2D eigenvalue weighted by atomic mass is 19.3. The number of hydrogen-bond donors (Lipinski definition) is 1. The zero-order valence-corrected chi connectivity index (χ0v) is 15.1. The number of aromatic nitrogens is 4. The number of nitriles is 1. The molecule has 7 nitrogen and oxygen atoms in total. The van der Waals surface area contributed by atoms with E-state index in [9.17, 15) is 18.8 Å². The Bertz CT molecular complexity index is 1130. The molecule has 1 N–H and O–H groups in total. The summed E-state index contributed by atoms with van der Waals surface area (Å²) in [4.78, 5) is 23.3. The minimum Gasteiger partial charge on any atom is -0.311 e. The zero-order chi connectivity index (χ0) is 20.1. The topological polar surface area (TPSA) is 96.5 Å². The molecule has 1 saturated carbocycles. The Morgan fingerprint density at radius 3 is 2.86 bits per heavy atom. The van der Waals surface area contributed by atoms with Crippen molar-refractivity contribution < 1.29 is 13.6 Å². The summed E-state index contributed by atoms with van der Waals surface area (Å²) >= 11 is 0. The van der Waals surface area contributed by atoms with Crippen molar-refractivity contribution in [2.24, 2.45) is 5.92 Å². The Hall–Kier alpha value is -3.41. The molecule has 3 aromatic heterocycles. The summed E-state index contributed by atoms with van der Waals surface area (Å²) < 4.78 is 29.0. The molecule has 9 heteroatoms. The van der Waals surface area contributed by atoms with Crippen LogP contribution in [0, 0.1) is 17.2 Å². The first-order valence-electron chi connectivity index (χ1n) is 8.68. The molecule has 28 heavy (non-hydrogen) atoms. The van der Waals surface area contributed by atoms with Crippen LogP contribution >= 0.6 is 0 Å². The molecule has 1 amide bonds. The van der Waals surface area contributed by atoms with E-state index in [2.05, 4.69) is 26.3 Å². The van der Waals surface area contributed by atoms with Gasteiger partial charge in [0, 0.05) is 49.8 Å². The summed E-state index contributed by atoms with van der Waals surface area (Å²) in [5, 5.41) is 12.6. The molecular formula is C19H16F2N6O. The molecule has 4 rings (SSSR count). The van der Waals surface area contributed by atoms with Gasteiger partial charge < -0.3 is 9.88 Å². The van der Waals surface area contributed by atoms with Crippen LogP contribution in [0.5, 0.6) is 0 Å². The molecule has 0 spiro atoms. The highest BCUT2D eigenvalue weighted by molar-refractivity contribution is 5.92. The van der Waals surface area contributed by atoms with Gasteiger partial charge in [0.1, 0.15) is 11.6 Å². The van der Waals surface area contributed by atoms with Crippen LogP contribution in [-0.2, 0) is 10.7 Å². The van der Waals surface area contributed by atoms with Crippen LogP contribution in [-0.4, -0.2) is 25.4 Å². The zero-order valence-electron chi connectivity index (χ0n) is 15.1. The van der Waals surface area contributed by atoms with Crippen molar-refractivity contribution in [1.82, 2.24) is 19.5 Å². The number of carbonyl (C=O) groups excluding carboxylic acids is 1. The van der Waals surface area contributed by atoms with E-state index in [-0.39, 0.29) is 23.6 Å². The van der Waals surface area contributed by atoms with Crippen molar-refractivity contribution in [2.75, 3.05) is 5.32 Å². The third kappa shape index (κ3) is 3.17. The number of fused-ring (bicyclic) bond motifs is 1. The lowest BCUT2D eigenvalue weighted by Crippen LogP contribution is -2.14. The third-order valence-electron chi connectivity index (χ3n) is 4.66. The Morgan fingerprint density at radius 1 is 1.43 bits per heavy atom. The summed E-state index contributed by atoms with van der Waals surface area (Å²) in [6, 6.07) is 5.45. The van der Waals surface area contributed by atoms with E-state index >= 15 is 0 Å². The average Bonchev–Trinajstić information content (AvgIpc) is 3.33. The minimum absolute atomic E-state index is 0.0658. The number of amides is 1. The number of rotatable bonds is 4. The maximum Gasteiger partial charge on any atom is 0.303 e. The quantitative estimate of drug-likeness (QED) is 0.745. The maximum atomic E-state index is 13.7. The third-order valence-corrected chi connectivity index (χ3v) is 4.66. The number of alkyl halides is 2. The fraction of sp³-hybridized carbons (Fsp3) is 0.316. The van der Waals surface area contributed by atoms with Gasteiger partial charge in [-0.25, -0.2) is 15.0 Å². The molecule has 1 aliphatic rings. The van der Waals surface area contributed by atoms with Gasteiger partial charge in [-0.15, -0.1) is 0 Å². The van der Waals surface area contributed by atoms with E-state index in [4.69, 9.17) is 0 Å². The highest BCUT2D eigenvalue weighted by Crippen LogP contribution is 2.49. The highest BCUT2D eigenvalue weighted by Gasteiger charge is 2.40. The second-order valence-corrected chi connectivity index (χ2v) is 6.93. The smallest absolute Gasteiger partial charge is 0.303 e. The van der Waals surface area contributed by atoms with Gasteiger partial charge in [-0.2, -0.15) is 14.0 Å². The summed E-state index contributed by atoms with van der Waals surface area (Å²) in [6.07, 6.45) is 5.44. The van der Waals surface area contributed by atoms with Crippen molar-refractivity contribution in [2.45, 2.75) is 32.1 Å². The molecule has 1 fully saturated rings. The first-order chi connectivity index (χ1) is 13.3. The molecule has 1 aliphatic carbocycles. The number of carbonyl (C=O) groups is 1. The van der Waals surface area contributed by atoms with Gasteiger partial charge in [-0.1, -0.05) is 0 Å². The number of anilines is 1. The lowest BCUT2D eigenvalue weighted by molar-refractivity contribution is -0.114. The van der Waals surface area contributed by atoms with E-state index in [1.54, 1.807) is 23.0 Å². The lowest BCUT2D eigenvalue weighted by atomic mass is 10.1. The van der Waals surface area contributed by atoms with Crippen LogP contribution in [0.4, 0.5) is 14.6 Å². The summed E-state index contributed by atoms with van der Waals surface area (Å²) in [5.41, 5.74) is 1.56. The molecule has 142 valence electrons. The van der Waals surface area contributed by atoms with Gasteiger partial charge >= 0.3 is 5.92 Å². The van der Waals surface area contributed by atoms with E-state index in [1.165, 1.54) is 19.2 Å². The second-order valence-electron chi connectivity index (χ2n) is 6.93. The van der Waals surface area contributed by atoms with Crippen molar-refractivity contribution >= 4 is 22.6 Å². The number of nitrogens with zero attached hydrogens (tertiary/aromatic N) is 5. The Balaban J connectivity index is 1.89. The summed E-state index contributed by atoms with van der Waals surface area (Å²) in [5.74, 6) is -3.41. The predicted octanol–water partition coefficient (Wildman–Crippen LogP) is 3.51. The normalized spacial score (nSPS) is 18.7. The van der Waals surface area contributed by atoms with Gasteiger partial charge in [0.15, 0.2) is 0 Å². The van der Waals surface area contributed by atoms with Crippen LogP contribution in [0.2, 0.25) is 0 Å². The van der Waals surface area contributed by atoms with Crippen LogP contribution < -0.4 is 5.32 Å². The summed E-state index contributed by atoms with van der Waals surface area (Å²) in [7, 11) is 0. The molecule has 0 bridgehead atoms. The molecule has 0 aromatic carbocycles. The van der Waals surface area contributed by atoms with Crippen LogP contribution in [0.15, 0.2) is 30.7 Å². The molecule has 0 saturated heterocycles.